The molecule has 32 heavy (non-hydrogen) atoms. The Morgan fingerprint density at radius 1 is 0.969 bits per heavy atom. The molecule has 4 heterocycles. The molecule has 4 rings (SSSR count). The molecule has 0 amide bonds. The van der Waals surface area contributed by atoms with Gasteiger partial charge in [0.25, 0.3) is 0 Å². The van der Waals surface area contributed by atoms with Gasteiger partial charge in [0.15, 0.2) is 12.0 Å². The Morgan fingerprint density at radius 2 is 1.59 bits per heavy atom. The van der Waals surface area contributed by atoms with Gasteiger partial charge in [-0.3, -0.25) is 0 Å². The second kappa shape index (κ2) is 8.40. The fourth-order valence-electron chi connectivity index (χ4n) is 3.55. The molecule has 14 heteroatoms. The molecule has 2 aliphatic rings. The van der Waals surface area contributed by atoms with Crippen molar-refractivity contribution in [2.24, 2.45) is 0 Å². The third-order valence-corrected chi connectivity index (χ3v) is 5.69. The number of nitrogens with one attached hydrogen (secondary N) is 2. The normalized spacial score (nSPS) is 23.5. The number of halogens is 8. The first-order valence-electron chi connectivity index (χ1n) is 9.34. The Kier molecular flexibility index (Phi) is 6.07. The highest BCUT2D eigenvalue weighted by Crippen LogP contribution is 2.40. The van der Waals surface area contributed by atoms with Crippen LogP contribution in [0.3, 0.4) is 0 Å². The fourth-order valence-corrected chi connectivity index (χ4v) is 4.04. The van der Waals surface area contributed by atoms with Crippen LogP contribution in [0.25, 0.3) is 0 Å². The molecular formula is C18H15Cl2F6N5O. The second-order valence-corrected chi connectivity index (χ2v) is 8.09. The average molecular weight is 502 g/mol. The third kappa shape index (κ3) is 4.82. The van der Waals surface area contributed by atoms with Crippen molar-refractivity contribution in [3.8, 4) is 0 Å². The van der Waals surface area contributed by atoms with Gasteiger partial charge in [-0.05, 0) is 25.0 Å². The molecule has 2 N–H and O–H groups in total. The number of epoxide rings is 1. The van der Waals surface area contributed by atoms with E-state index in [0.717, 1.165) is 24.8 Å². The number of aromatic nitrogens is 2. The molecule has 6 nitrogen and oxygen atoms in total. The summed E-state index contributed by atoms with van der Waals surface area (Å²) in [6.07, 6.45) is -7.14. The number of hydrogen-bond acceptors (Lipinski definition) is 6. The van der Waals surface area contributed by atoms with Crippen LogP contribution in [0.1, 0.15) is 24.0 Å². The van der Waals surface area contributed by atoms with Crippen molar-refractivity contribution >= 4 is 34.8 Å². The van der Waals surface area contributed by atoms with Crippen molar-refractivity contribution in [1.29, 1.82) is 0 Å². The van der Waals surface area contributed by atoms with Gasteiger partial charge in [0.2, 0.25) is 0 Å². The number of rotatable bonds is 5. The molecule has 0 aromatic carbocycles. The molecule has 0 aliphatic carbocycles. The average Bonchev–Trinajstić information content (AvgIpc) is 3.30. The van der Waals surface area contributed by atoms with Crippen molar-refractivity contribution in [3.63, 3.8) is 0 Å². The highest BCUT2D eigenvalue weighted by molar-refractivity contribution is 6.33. The second-order valence-electron chi connectivity index (χ2n) is 7.27. The fraction of sp³-hybridized carbons (Fsp3) is 0.444. The summed E-state index contributed by atoms with van der Waals surface area (Å²) in [5, 5.41) is -0.344. The highest BCUT2D eigenvalue weighted by atomic mass is 35.5. The van der Waals surface area contributed by atoms with Crippen molar-refractivity contribution in [3.05, 3.63) is 45.7 Å². The summed E-state index contributed by atoms with van der Waals surface area (Å²) in [5.74, 6) is 0.224. The zero-order valence-electron chi connectivity index (χ0n) is 15.9. The van der Waals surface area contributed by atoms with Crippen molar-refractivity contribution in [2.45, 2.75) is 43.6 Å². The van der Waals surface area contributed by atoms with Gasteiger partial charge in [-0.15, -0.1) is 0 Å². The smallest absolute Gasteiger partial charge is 0.350 e. The summed E-state index contributed by atoms with van der Waals surface area (Å²) in [6.45, 7) is 0.537. The van der Waals surface area contributed by atoms with Gasteiger partial charge in [-0.1, -0.05) is 23.2 Å². The summed E-state index contributed by atoms with van der Waals surface area (Å²) < 4.78 is 82.3. The molecule has 174 valence electrons. The van der Waals surface area contributed by atoms with Gasteiger partial charge in [0.1, 0.15) is 11.9 Å². The van der Waals surface area contributed by atoms with E-state index in [1.54, 1.807) is 4.90 Å². The number of pyridine rings is 2. The van der Waals surface area contributed by atoms with Crippen LogP contribution in [-0.4, -0.2) is 34.9 Å². The van der Waals surface area contributed by atoms with Gasteiger partial charge in [0.05, 0.1) is 27.2 Å². The molecule has 2 fully saturated rings. The SMILES string of the molecule is FC(F)(F)c1cnc(NNC2O[C@H]2C2CCCN2c2ncc(C(F)(F)F)cc2Cl)c(Cl)c1. The quantitative estimate of drug-likeness (QED) is 0.336. The Hall–Kier alpha value is -2.02. The molecule has 2 unspecified atom stereocenters. The first-order chi connectivity index (χ1) is 14.9. The first-order valence-corrected chi connectivity index (χ1v) is 10.1. The summed E-state index contributed by atoms with van der Waals surface area (Å²) >= 11 is 11.9. The summed E-state index contributed by atoms with van der Waals surface area (Å²) in [7, 11) is 0. The minimum absolute atomic E-state index is 0.00959. The number of ether oxygens (including phenoxy) is 1. The molecule has 2 saturated heterocycles. The molecular weight excluding hydrogens is 487 g/mol. The predicted octanol–water partition coefficient (Wildman–Crippen LogP) is 5.13. The number of hydrogen-bond donors (Lipinski definition) is 2. The van der Waals surface area contributed by atoms with Crippen LogP contribution in [0.4, 0.5) is 38.0 Å². The van der Waals surface area contributed by atoms with Crippen LogP contribution in [0, 0.1) is 0 Å². The van der Waals surface area contributed by atoms with Crippen molar-refractivity contribution in [2.75, 3.05) is 16.9 Å². The molecule has 0 saturated carbocycles. The summed E-state index contributed by atoms with van der Waals surface area (Å²) in [5.41, 5.74) is 3.50. The van der Waals surface area contributed by atoms with Crippen LogP contribution >= 0.6 is 23.2 Å². The predicted molar refractivity (Wildman–Crippen MR) is 104 cm³/mol. The lowest BCUT2D eigenvalue weighted by Gasteiger charge is -2.26. The van der Waals surface area contributed by atoms with E-state index in [2.05, 4.69) is 20.8 Å². The summed E-state index contributed by atoms with van der Waals surface area (Å²) in [4.78, 5) is 9.36. The van der Waals surface area contributed by atoms with E-state index >= 15 is 0 Å². The Morgan fingerprint density at radius 3 is 2.19 bits per heavy atom. The van der Waals surface area contributed by atoms with Crippen LogP contribution in [0.15, 0.2) is 24.5 Å². The molecule has 2 aliphatic heterocycles. The van der Waals surface area contributed by atoms with Crippen LogP contribution in [-0.2, 0) is 17.1 Å². The Labute approximate surface area is 187 Å². The van der Waals surface area contributed by atoms with Gasteiger partial charge in [-0.2, -0.15) is 26.3 Å². The lowest BCUT2D eigenvalue weighted by Crippen LogP contribution is -2.38. The van der Waals surface area contributed by atoms with E-state index in [9.17, 15) is 26.3 Å². The van der Waals surface area contributed by atoms with E-state index in [0.29, 0.717) is 19.2 Å². The molecule has 0 bridgehead atoms. The number of hydrazine groups is 1. The number of alkyl halides is 6. The number of anilines is 2. The van der Waals surface area contributed by atoms with E-state index in [-0.39, 0.29) is 33.8 Å². The minimum Gasteiger partial charge on any atom is -0.350 e. The maximum absolute atomic E-state index is 12.9. The lowest BCUT2D eigenvalue weighted by molar-refractivity contribution is -0.138. The van der Waals surface area contributed by atoms with Gasteiger partial charge in [-0.25, -0.2) is 15.4 Å². The number of nitrogens with zero attached hydrogens (tertiary/aromatic N) is 3. The topological polar surface area (TPSA) is 65.6 Å². The first kappa shape index (κ1) is 23.1. The maximum atomic E-state index is 12.9. The van der Waals surface area contributed by atoms with Crippen LogP contribution < -0.4 is 15.8 Å². The lowest BCUT2D eigenvalue weighted by atomic mass is 10.1. The molecule has 0 radical (unpaired) electrons. The van der Waals surface area contributed by atoms with E-state index in [4.69, 9.17) is 27.9 Å². The zero-order valence-corrected chi connectivity index (χ0v) is 17.4. The Balaban J connectivity index is 1.39. The largest absolute Gasteiger partial charge is 0.417 e. The minimum atomic E-state index is -4.56. The van der Waals surface area contributed by atoms with Crippen LogP contribution in [0.5, 0.6) is 0 Å². The maximum Gasteiger partial charge on any atom is 0.417 e. The molecule has 0 spiro atoms. The monoisotopic (exact) mass is 501 g/mol. The zero-order chi connectivity index (χ0) is 23.3. The van der Waals surface area contributed by atoms with Gasteiger partial charge >= 0.3 is 12.4 Å². The van der Waals surface area contributed by atoms with Gasteiger partial charge < -0.3 is 15.1 Å². The summed E-state index contributed by atoms with van der Waals surface area (Å²) in [6, 6.07) is 1.38. The standard InChI is InChI=1S/C18H15Cl2F6N5O/c19-10-4-8(17(21,22)23)6-27-14(10)29-30-16-13(32-16)12-2-1-3-31(12)15-11(20)5-9(7-28-15)18(24,25)26/h4-7,12-13,16,30H,1-3H2,(H,27,29)/t12?,13-,16?/m0/s1. The van der Waals surface area contributed by atoms with Gasteiger partial charge in [0, 0.05) is 18.9 Å². The third-order valence-electron chi connectivity index (χ3n) is 5.13. The molecule has 3 atom stereocenters. The van der Waals surface area contributed by atoms with E-state index in [1.165, 1.54) is 0 Å². The van der Waals surface area contributed by atoms with Crippen LogP contribution in [0.2, 0.25) is 10.0 Å². The molecule has 2 aromatic rings. The van der Waals surface area contributed by atoms with Crippen molar-refractivity contribution in [1.82, 2.24) is 15.4 Å². The van der Waals surface area contributed by atoms with E-state index in [1.807, 2.05) is 0 Å². The Bertz CT molecular complexity index is 1000. The van der Waals surface area contributed by atoms with E-state index < -0.39 is 29.7 Å². The highest BCUT2D eigenvalue weighted by Gasteiger charge is 2.49. The molecule has 2 aromatic heterocycles. The van der Waals surface area contributed by atoms with Crippen molar-refractivity contribution < 1.29 is 31.1 Å².